The number of benzene rings is 1. The van der Waals surface area contributed by atoms with Gasteiger partial charge in [-0.2, -0.15) is 4.37 Å². The summed E-state index contributed by atoms with van der Waals surface area (Å²) in [5, 5.41) is 6.09. The van der Waals surface area contributed by atoms with Gasteiger partial charge in [0.25, 0.3) is 0 Å². The molecular weight excluding hydrogens is 226 g/mol. The first kappa shape index (κ1) is 10.7. The van der Waals surface area contributed by atoms with Crippen molar-refractivity contribution in [3.05, 3.63) is 18.2 Å². The van der Waals surface area contributed by atoms with Crippen molar-refractivity contribution in [1.29, 1.82) is 0 Å². The van der Waals surface area contributed by atoms with Crippen LogP contribution < -0.4 is 15.4 Å². The number of amides is 2. The molecule has 0 aliphatic carbocycles. The smallest absolute Gasteiger partial charge is 0.318 e. The van der Waals surface area contributed by atoms with Gasteiger partial charge in [0.1, 0.15) is 0 Å². The number of aromatic nitrogens is 1. The largest absolute Gasteiger partial charge is 0.480 e. The third-order valence-electron chi connectivity index (χ3n) is 2.12. The summed E-state index contributed by atoms with van der Waals surface area (Å²) in [4.78, 5) is 11.1. The maximum absolute atomic E-state index is 11.1. The Bertz CT molecular complexity index is 524. The van der Waals surface area contributed by atoms with Crippen LogP contribution in [0.4, 0.5) is 10.5 Å². The van der Waals surface area contributed by atoms with Gasteiger partial charge in [0.2, 0.25) is 5.88 Å². The highest BCUT2D eigenvalue weighted by molar-refractivity contribution is 7.13. The van der Waals surface area contributed by atoms with Crippen molar-refractivity contribution < 1.29 is 9.53 Å². The van der Waals surface area contributed by atoms with Crippen LogP contribution in [0.1, 0.15) is 0 Å². The van der Waals surface area contributed by atoms with Gasteiger partial charge in [0.05, 0.1) is 17.2 Å². The van der Waals surface area contributed by atoms with Crippen LogP contribution in [0.15, 0.2) is 18.2 Å². The fourth-order valence-electron chi connectivity index (χ4n) is 1.34. The zero-order chi connectivity index (χ0) is 11.5. The van der Waals surface area contributed by atoms with E-state index in [2.05, 4.69) is 15.0 Å². The average Bonchev–Trinajstić information content (AvgIpc) is 2.71. The van der Waals surface area contributed by atoms with Crippen molar-refractivity contribution in [2.45, 2.75) is 0 Å². The molecule has 1 aromatic carbocycles. The lowest BCUT2D eigenvalue weighted by molar-refractivity contribution is 0.254. The highest BCUT2D eigenvalue weighted by atomic mass is 32.1. The predicted molar refractivity (Wildman–Crippen MR) is 64.3 cm³/mol. The highest BCUT2D eigenvalue weighted by Crippen LogP contribution is 2.30. The van der Waals surface area contributed by atoms with Crippen molar-refractivity contribution >= 4 is 33.3 Å². The number of hydrogen-bond donors (Lipinski definition) is 2. The van der Waals surface area contributed by atoms with Gasteiger partial charge in [0, 0.05) is 12.7 Å². The van der Waals surface area contributed by atoms with E-state index in [1.54, 1.807) is 14.2 Å². The summed E-state index contributed by atoms with van der Waals surface area (Å²) in [6.45, 7) is 0. The Balaban J connectivity index is 2.37. The minimum absolute atomic E-state index is 0.249. The van der Waals surface area contributed by atoms with Crippen molar-refractivity contribution in [2.75, 3.05) is 19.5 Å². The Kier molecular flexibility index (Phi) is 2.91. The molecule has 0 radical (unpaired) electrons. The predicted octanol–water partition coefficient (Wildman–Crippen LogP) is 2.06. The van der Waals surface area contributed by atoms with Crippen LogP contribution in [0, 0.1) is 0 Å². The van der Waals surface area contributed by atoms with Crippen LogP contribution >= 0.6 is 11.5 Å². The molecule has 0 aliphatic rings. The first-order valence-corrected chi connectivity index (χ1v) is 5.44. The Hall–Kier alpha value is -1.82. The van der Waals surface area contributed by atoms with E-state index in [0.717, 1.165) is 10.1 Å². The van der Waals surface area contributed by atoms with Crippen LogP contribution in [0.3, 0.4) is 0 Å². The molecule has 0 atom stereocenters. The molecule has 2 N–H and O–H groups in total. The first-order chi connectivity index (χ1) is 7.74. The maximum Gasteiger partial charge on any atom is 0.318 e. The molecule has 0 fully saturated rings. The molecule has 0 spiro atoms. The quantitative estimate of drug-likeness (QED) is 0.840. The van der Waals surface area contributed by atoms with Gasteiger partial charge in [-0.3, -0.25) is 0 Å². The molecule has 16 heavy (non-hydrogen) atoms. The fraction of sp³-hybridized carbons (Fsp3) is 0.200. The third-order valence-corrected chi connectivity index (χ3v) is 2.92. The summed E-state index contributed by atoms with van der Waals surface area (Å²) < 4.78 is 10.3. The van der Waals surface area contributed by atoms with E-state index in [1.165, 1.54) is 11.5 Å². The molecule has 2 amide bonds. The van der Waals surface area contributed by atoms with E-state index >= 15 is 0 Å². The van der Waals surface area contributed by atoms with E-state index < -0.39 is 0 Å². The van der Waals surface area contributed by atoms with Gasteiger partial charge in [-0.05, 0) is 29.7 Å². The molecular formula is C10H11N3O2S. The zero-order valence-electron chi connectivity index (χ0n) is 8.90. The Labute approximate surface area is 96.6 Å². The zero-order valence-corrected chi connectivity index (χ0v) is 9.72. The molecule has 2 aromatic rings. The molecule has 2 rings (SSSR count). The van der Waals surface area contributed by atoms with Gasteiger partial charge in [-0.1, -0.05) is 0 Å². The summed E-state index contributed by atoms with van der Waals surface area (Å²) in [7, 11) is 3.15. The Morgan fingerprint density at radius 1 is 1.50 bits per heavy atom. The van der Waals surface area contributed by atoms with Crippen LogP contribution in [-0.2, 0) is 0 Å². The molecule has 0 saturated carbocycles. The Morgan fingerprint density at radius 2 is 2.31 bits per heavy atom. The number of hydrogen-bond acceptors (Lipinski definition) is 4. The molecule has 1 heterocycles. The second-order valence-electron chi connectivity index (χ2n) is 3.11. The number of anilines is 1. The molecule has 1 aromatic heterocycles. The number of nitrogens with one attached hydrogen (secondary N) is 2. The number of carbonyl (C=O) groups is 1. The summed E-state index contributed by atoms with van der Waals surface area (Å²) in [6, 6.07) is 5.32. The van der Waals surface area contributed by atoms with Crippen molar-refractivity contribution in [3.63, 3.8) is 0 Å². The number of nitrogens with zero attached hydrogens (tertiary/aromatic N) is 1. The molecule has 0 aliphatic heterocycles. The monoisotopic (exact) mass is 237 g/mol. The second kappa shape index (κ2) is 4.36. The van der Waals surface area contributed by atoms with E-state index in [-0.39, 0.29) is 6.03 Å². The lowest BCUT2D eigenvalue weighted by Gasteiger charge is -2.04. The molecule has 6 heteroatoms. The third kappa shape index (κ3) is 1.92. The van der Waals surface area contributed by atoms with Crippen LogP contribution in [-0.4, -0.2) is 24.6 Å². The summed E-state index contributed by atoms with van der Waals surface area (Å²) >= 11 is 1.37. The number of methoxy groups -OCH3 is 1. The average molecular weight is 237 g/mol. The van der Waals surface area contributed by atoms with Crippen LogP contribution in [0.5, 0.6) is 5.88 Å². The van der Waals surface area contributed by atoms with E-state index in [4.69, 9.17) is 4.74 Å². The van der Waals surface area contributed by atoms with Crippen molar-refractivity contribution in [1.82, 2.24) is 9.69 Å². The Morgan fingerprint density at radius 3 is 3.00 bits per heavy atom. The lowest BCUT2D eigenvalue weighted by atomic mass is 10.2. The summed E-state index contributed by atoms with van der Waals surface area (Å²) in [5.74, 6) is 0.584. The van der Waals surface area contributed by atoms with Gasteiger partial charge in [0.15, 0.2) is 0 Å². The van der Waals surface area contributed by atoms with Crippen molar-refractivity contribution in [3.8, 4) is 5.88 Å². The number of urea groups is 1. The SMILES string of the molecule is CNC(=O)Nc1ccc2snc(OC)c2c1. The second-order valence-corrected chi connectivity index (χ2v) is 3.91. The molecule has 5 nitrogen and oxygen atoms in total. The number of fused-ring (bicyclic) bond motifs is 1. The maximum atomic E-state index is 11.1. The summed E-state index contributed by atoms with van der Waals surface area (Å²) in [6.07, 6.45) is 0. The van der Waals surface area contributed by atoms with Crippen LogP contribution in [0.25, 0.3) is 10.1 Å². The van der Waals surface area contributed by atoms with Gasteiger partial charge >= 0.3 is 6.03 Å². The van der Waals surface area contributed by atoms with E-state index in [0.29, 0.717) is 11.6 Å². The van der Waals surface area contributed by atoms with Gasteiger partial charge in [-0.15, -0.1) is 0 Å². The standard InChI is InChI=1S/C10H11N3O2S/c1-11-10(14)12-6-3-4-8-7(5-6)9(15-2)13-16-8/h3-5H,1-2H3,(H2,11,12,14). The number of carbonyl (C=O) groups excluding carboxylic acids is 1. The first-order valence-electron chi connectivity index (χ1n) is 4.66. The topological polar surface area (TPSA) is 63.2 Å². The molecule has 84 valence electrons. The molecule has 0 saturated heterocycles. The minimum atomic E-state index is -0.249. The number of ether oxygens (including phenoxy) is 1. The van der Waals surface area contributed by atoms with Gasteiger partial charge in [-0.25, -0.2) is 4.79 Å². The van der Waals surface area contributed by atoms with Crippen LogP contribution in [0.2, 0.25) is 0 Å². The van der Waals surface area contributed by atoms with Gasteiger partial charge < -0.3 is 15.4 Å². The molecule has 0 bridgehead atoms. The lowest BCUT2D eigenvalue weighted by Crippen LogP contribution is -2.24. The van der Waals surface area contributed by atoms with E-state index in [9.17, 15) is 4.79 Å². The normalized spacial score (nSPS) is 10.1. The van der Waals surface area contributed by atoms with Crippen molar-refractivity contribution in [2.24, 2.45) is 0 Å². The minimum Gasteiger partial charge on any atom is -0.480 e. The summed E-state index contributed by atoms with van der Waals surface area (Å²) in [5.41, 5.74) is 0.713. The molecule has 0 unspecified atom stereocenters. The fourth-order valence-corrected chi connectivity index (χ4v) is 2.06. The highest BCUT2D eigenvalue weighted by Gasteiger charge is 2.07. The van der Waals surface area contributed by atoms with E-state index in [1.807, 2.05) is 18.2 Å². The number of rotatable bonds is 2.